The molecule has 0 aromatic carbocycles. The highest BCUT2D eigenvalue weighted by atomic mass is 19.4. The van der Waals surface area contributed by atoms with Crippen molar-refractivity contribution in [2.45, 2.75) is 12.6 Å². The fourth-order valence-corrected chi connectivity index (χ4v) is 1.20. The Labute approximate surface area is 112 Å². The largest absolute Gasteiger partial charge is 0.461 e. The van der Waals surface area contributed by atoms with E-state index in [4.69, 9.17) is 4.74 Å². The van der Waals surface area contributed by atoms with Gasteiger partial charge in [-0.1, -0.05) is 0 Å². The Hall–Kier alpha value is -1.90. The lowest BCUT2D eigenvalue weighted by molar-refractivity contribution is -0.174. The number of nitrogens with zero attached hydrogens (tertiary/aromatic N) is 2. The second-order valence-corrected chi connectivity index (χ2v) is 3.84. The van der Waals surface area contributed by atoms with Gasteiger partial charge in [-0.2, -0.15) is 18.3 Å². The highest BCUT2D eigenvalue weighted by Crippen LogP contribution is 2.14. The Kier molecular flexibility index (Phi) is 5.68. The molecule has 1 rings (SSSR count). The number of halogens is 3. The SMILES string of the molecule is Cn1nc(C(=O)OCCCOCC(F)(F)F)ccc1=O. The number of alkyl halides is 3. The minimum Gasteiger partial charge on any atom is -0.461 e. The maximum absolute atomic E-state index is 11.7. The molecular weight excluding hydrogens is 281 g/mol. The molecule has 0 aliphatic heterocycles. The van der Waals surface area contributed by atoms with E-state index >= 15 is 0 Å². The van der Waals surface area contributed by atoms with Gasteiger partial charge in [0.1, 0.15) is 6.61 Å². The molecule has 0 saturated carbocycles. The molecule has 0 unspecified atom stereocenters. The van der Waals surface area contributed by atoms with Crippen LogP contribution < -0.4 is 5.56 Å². The molecule has 0 N–H and O–H groups in total. The predicted molar refractivity (Wildman–Crippen MR) is 61.3 cm³/mol. The summed E-state index contributed by atoms with van der Waals surface area (Å²) in [5.41, 5.74) is -0.426. The van der Waals surface area contributed by atoms with E-state index in [-0.39, 0.29) is 30.9 Å². The summed E-state index contributed by atoms with van der Waals surface area (Å²) in [7, 11) is 1.38. The van der Waals surface area contributed by atoms with Crippen LogP contribution in [-0.2, 0) is 16.5 Å². The summed E-state index contributed by atoms with van der Waals surface area (Å²) >= 11 is 0. The van der Waals surface area contributed by atoms with Crippen LogP contribution in [0, 0.1) is 0 Å². The van der Waals surface area contributed by atoms with Crippen molar-refractivity contribution >= 4 is 5.97 Å². The fraction of sp³-hybridized carbons (Fsp3) is 0.545. The molecule has 0 aliphatic carbocycles. The Balaban J connectivity index is 2.27. The van der Waals surface area contributed by atoms with Crippen LogP contribution in [0.4, 0.5) is 13.2 Å². The number of hydrogen-bond donors (Lipinski definition) is 0. The van der Waals surface area contributed by atoms with Crippen LogP contribution in [0.2, 0.25) is 0 Å². The van der Waals surface area contributed by atoms with Crippen molar-refractivity contribution in [3.63, 3.8) is 0 Å². The molecule has 0 radical (unpaired) electrons. The third kappa shape index (κ3) is 5.83. The number of ether oxygens (including phenoxy) is 2. The lowest BCUT2D eigenvalue weighted by Gasteiger charge is -2.08. The molecular formula is C11H13F3N2O4. The first-order valence-corrected chi connectivity index (χ1v) is 5.65. The molecule has 6 nitrogen and oxygen atoms in total. The Morgan fingerprint density at radius 2 is 2.05 bits per heavy atom. The third-order valence-electron chi connectivity index (χ3n) is 2.10. The highest BCUT2D eigenvalue weighted by molar-refractivity contribution is 5.86. The van der Waals surface area contributed by atoms with E-state index in [0.29, 0.717) is 0 Å². The first-order chi connectivity index (χ1) is 9.29. The molecule has 0 aliphatic rings. The fourth-order valence-electron chi connectivity index (χ4n) is 1.20. The summed E-state index contributed by atoms with van der Waals surface area (Å²) in [5, 5.41) is 3.67. The number of esters is 1. The maximum Gasteiger partial charge on any atom is 0.411 e. The Morgan fingerprint density at radius 3 is 2.65 bits per heavy atom. The lowest BCUT2D eigenvalue weighted by atomic mass is 10.4. The molecule has 20 heavy (non-hydrogen) atoms. The van der Waals surface area contributed by atoms with Crippen molar-refractivity contribution < 1.29 is 27.4 Å². The molecule has 0 bridgehead atoms. The molecule has 1 aromatic rings. The number of rotatable bonds is 6. The Morgan fingerprint density at radius 1 is 1.35 bits per heavy atom. The van der Waals surface area contributed by atoms with Gasteiger partial charge >= 0.3 is 12.1 Å². The topological polar surface area (TPSA) is 70.4 Å². The van der Waals surface area contributed by atoms with E-state index in [1.54, 1.807) is 0 Å². The normalized spacial score (nSPS) is 11.4. The predicted octanol–water partition coefficient (Wildman–Crippen LogP) is 0.906. The number of carbonyl (C=O) groups excluding carboxylic acids is 1. The molecule has 0 atom stereocenters. The van der Waals surface area contributed by atoms with Crippen LogP contribution in [0.5, 0.6) is 0 Å². The van der Waals surface area contributed by atoms with Crippen LogP contribution in [0.25, 0.3) is 0 Å². The maximum atomic E-state index is 11.7. The summed E-state index contributed by atoms with van der Waals surface area (Å²) < 4.78 is 45.3. The first-order valence-electron chi connectivity index (χ1n) is 5.65. The van der Waals surface area contributed by atoms with Crippen LogP contribution in [0.3, 0.4) is 0 Å². The molecule has 0 spiro atoms. The number of aryl methyl sites for hydroxylation is 1. The van der Waals surface area contributed by atoms with Crippen LogP contribution in [0.1, 0.15) is 16.9 Å². The highest BCUT2D eigenvalue weighted by Gasteiger charge is 2.27. The zero-order valence-corrected chi connectivity index (χ0v) is 10.6. The minimum absolute atomic E-state index is 0.0525. The van der Waals surface area contributed by atoms with Gasteiger partial charge in [0.15, 0.2) is 5.69 Å². The smallest absolute Gasteiger partial charge is 0.411 e. The number of aromatic nitrogens is 2. The summed E-state index contributed by atoms with van der Waals surface area (Å²) in [6.45, 7) is -1.60. The number of carbonyl (C=O) groups is 1. The van der Waals surface area contributed by atoms with Crippen molar-refractivity contribution in [2.75, 3.05) is 19.8 Å². The van der Waals surface area contributed by atoms with Crippen LogP contribution in [0.15, 0.2) is 16.9 Å². The molecule has 0 saturated heterocycles. The van der Waals surface area contributed by atoms with Crippen molar-refractivity contribution in [3.8, 4) is 0 Å². The molecule has 1 heterocycles. The van der Waals surface area contributed by atoms with Gasteiger partial charge in [0.05, 0.1) is 13.2 Å². The number of hydrogen-bond acceptors (Lipinski definition) is 5. The first kappa shape index (κ1) is 16.2. The summed E-state index contributed by atoms with van der Waals surface area (Å²) in [4.78, 5) is 22.5. The van der Waals surface area contributed by atoms with E-state index in [0.717, 1.165) is 10.7 Å². The van der Waals surface area contributed by atoms with Crippen LogP contribution >= 0.6 is 0 Å². The molecule has 9 heteroatoms. The summed E-state index contributed by atoms with van der Waals surface area (Å²) in [6.07, 6.45) is -4.23. The second-order valence-electron chi connectivity index (χ2n) is 3.84. The van der Waals surface area contributed by atoms with Gasteiger partial charge in [0.2, 0.25) is 0 Å². The zero-order valence-electron chi connectivity index (χ0n) is 10.6. The molecule has 0 fully saturated rings. The van der Waals surface area contributed by atoms with Gasteiger partial charge < -0.3 is 9.47 Å². The second kappa shape index (κ2) is 7.04. The van der Waals surface area contributed by atoms with E-state index in [9.17, 15) is 22.8 Å². The monoisotopic (exact) mass is 294 g/mol. The summed E-state index contributed by atoms with van der Waals surface area (Å²) in [6, 6.07) is 2.38. The third-order valence-corrected chi connectivity index (χ3v) is 2.10. The van der Waals surface area contributed by atoms with E-state index in [1.807, 2.05) is 0 Å². The van der Waals surface area contributed by atoms with E-state index in [2.05, 4.69) is 9.84 Å². The molecule has 112 valence electrons. The van der Waals surface area contributed by atoms with Gasteiger partial charge in [0.25, 0.3) is 5.56 Å². The lowest BCUT2D eigenvalue weighted by Crippen LogP contribution is -2.22. The molecule has 0 amide bonds. The summed E-state index contributed by atoms with van der Waals surface area (Å²) in [5.74, 6) is -0.753. The van der Waals surface area contributed by atoms with Crippen LogP contribution in [-0.4, -0.2) is 41.7 Å². The van der Waals surface area contributed by atoms with Gasteiger partial charge in [-0.05, 0) is 6.07 Å². The average molecular weight is 294 g/mol. The Bertz CT molecular complexity index is 513. The average Bonchev–Trinajstić information content (AvgIpc) is 2.35. The minimum atomic E-state index is -4.37. The van der Waals surface area contributed by atoms with Crippen molar-refractivity contribution in [3.05, 3.63) is 28.2 Å². The van der Waals surface area contributed by atoms with E-state index in [1.165, 1.54) is 13.1 Å². The zero-order chi connectivity index (χ0) is 15.2. The standard InChI is InChI=1S/C11H13F3N2O4/c1-16-9(17)4-3-8(15-16)10(18)20-6-2-5-19-7-11(12,13)14/h3-4H,2,5-7H2,1H3. The van der Waals surface area contributed by atoms with Gasteiger partial charge in [-0.25, -0.2) is 9.48 Å². The van der Waals surface area contributed by atoms with Crippen molar-refractivity contribution in [1.29, 1.82) is 0 Å². The van der Waals surface area contributed by atoms with Gasteiger partial charge in [0, 0.05) is 19.5 Å². The van der Waals surface area contributed by atoms with Crippen molar-refractivity contribution in [2.24, 2.45) is 7.05 Å². The quantitative estimate of drug-likeness (QED) is 0.576. The van der Waals surface area contributed by atoms with Gasteiger partial charge in [-0.15, -0.1) is 0 Å². The van der Waals surface area contributed by atoms with E-state index < -0.39 is 18.8 Å². The van der Waals surface area contributed by atoms with Crippen molar-refractivity contribution in [1.82, 2.24) is 9.78 Å². The van der Waals surface area contributed by atoms with Gasteiger partial charge in [-0.3, -0.25) is 4.79 Å². The molecule has 1 aromatic heterocycles.